The molecule has 1 aromatic carbocycles. The van der Waals surface area contributed by atoms with E-state index in [1.54, 1.807) is 13.0 Å². The zero-order valence-electron chi connectivity index (χ0n) is 12.9. The van der Waals surface area contributed by atoms with E-state index in [2.05, 4.69) is 9.71 Å². The van der Waals surface area contributed by atoms with Gasteiger partial charge in [0.25, 0.3) is 15.6 Å². The number of rotatable bonds is 5. The summed E-state index contributed by atoms with van der Waals surface area (Å²) in [5, 5.41) is 0. The fourth-order valence-corrected chi connectivity index (χ4v) is 3.39. The molecule has 1 aromatic heterocycles. The Labute approximate surface area is 136 Å². The fraction of sp³-hybridized carbons (Fsp3) is 0.214. The number of carbonyl (C=O) groups excluding carboxylic acids is 1. The number of ether oxygens (including phenoxy) is 1. The van der Waals surface area contributed by atoms with Crippen molar-refractivity contribution in [1.29, 1.82) is 0 Å². The molecular formula is C14H15N3O6S. The Hall–Kier alpha value is -2.88. The van der Waals surface area contributed by atoms with Crippen molar-refractivity contribution in [1.82, 2.24) is 9.97 Å². The van der Waals surface area contributed by atoms with Crippen LogP contribution in [0.3, 0.4) is 0 Å². The van der Waals surface area contributed by atoms with Crippen molar-refractivity contribution in [2.75, 3.05) is 11.3 Å². The lowest BCUT2D eigenvalue weighted by Gasteiger charge is -2.12. The van der Waals surface area contributed by atoms with Gasteiger partial charge in [-0.2, -0.15) is 0 Å². The maximum atomic E-state index is 12.5. The molecule has 10 heteroatoms. The Bertz CT molecular complexity index is 990. The van der Waals surface area contributed by atoms with E-state index in [1.165, 1.54) is 25.1 Å². The van der Waals surface area contributed by atoms with E-state index in [0.29, 0.717) is 0 Å². The minimum absolute atomic E-state index is 0.00133. The Morgan fingerprint density at radius 3 is 2.50 bits per heavy atom. The van der Waals surface area contributed by atoms with Crippen molar-refractivity contribution in [2.24, 2.45) is 0 Å². The highest BCUT2D eigenvalue weighted by molar-refractivity contribution is 7.92. The molecule has 0 saturated heterocycles. The first-order valence-corrected chi connectivity index (χ1v) is 8.36. The number of H-pyrrole nitrogens is 2. The standard InChI is InChI=1S/C14H15N3O6S/c1-3-23-13(19)9-6-4-5-7-10(9)17-24(21,22)11-8(2)15-14(20)16-12(11)18/h4-7,17H,3H2,1-2H3,(H2,15,16,18,20). The molecule has 3 N–H and O–H groups in total. The highest BCUT2D eigenvalue weighted by Gasteiger charge is 2.24. The average molecular weight is 353 g/mol. The summed E-state index contributed by atoms with van der Waals surface area (Å²) in [4.78, 5) is 38.3. The van der Waals surface area contributed by atoms with Crippen LogP contribution in [0.15, 0.2) is 38.8 Å². The van der Waals surface area contributed by atoms with Crippen molar-refractivity contribution < 1.29 is 17.9 Å². The number of esters is 1. The predicted octanol–water partition coefficient (Wildman–Crippen LogP) is 0.349. The van der Waals surface area contributed by atoms with Crippen molar-refractivity contribution in [3.8, 4) is 0 Å². The van der Waals surface area contributed by atoms with E-state index in [9.17, 15) is 22.8 Å². The van der Waals surface area contributed by atoms with Crippen LogP contribution in [-0.4, -0.2) is 31.0 Å². The van der Waals surface area contributed by atoms with Gasteiger partial charge >= 0.3 is 11.7 Å². The molecule has 0 bridgehead atoms. The summed E-state index contributed by atoms with van der Waals surface area (Å²) in [6, 6.07) is 5.81. The molecule has 0 atom stereocenters. The lowest BCUT2D eigenvalue weighted by Crippen LogP contribution is -2.31. The Morgan fingerprint density at radius 2 is 1.88 bits per heavy atom. The second-order valence-electron chi connectivity index (χ2n) is 4.73. The number of anilines is 1. The number of para-hydroxylation sites is 1. The Morgan fingerprint density at radius 1 is 1.21 bits per heavy atom. The maximum Gasteiger partial charge on any atom is 0.340 e. The number of nitrogens with one attached hydrogen (secondary N) is 3. The number of carbonyl (C=O) groups is 1. The SMILES string of the molecule is CCOC(=O)c1ccccc1NS(=O)(=O)c1c(C)[nH]c(=O)[nH]c1=O. The number of sulfonamides is 1. The Balaban J connectivity index is 2.51. The van der Waals surface area contributed by atoms with E-state index in [4.69, 9.17) is 4.74 Å². The first kappa shape index (κ1) is 17.5. The minimum atomic E-state index is -4.33. The molecule has 0 spiro atoms. The third-order valence-corrected chi connectivity index (χ3v) is 4.53. The summed E-state index contributed by atoms with van der Waals surface area (Å²) in [5.74, 6) is -0.706. The maximum absolute atomic E-state index is 12.5. The summed E-state index contributed by atoms with van der Waals surface area (Å²) < 4.78 is 32.0. The van der Waals surface area contributed by atoms with Crippen molar-refractivity contribution in [2.45, 2.75) is 18.7 Å². The van der Waals surface area contributed by atoms with Gasteiger partial charge in [0.2, 0.25) is 0 Å². The summed E-state index contributed by atoms with van der Waals surface area (Å²) in [6.07, 6.45) is 0. The van der Waals surface area contributed by atoms with Crippen molar-refractivity contribution in [3.63, 3.8) is 0 Å². The van der Waals surface area contributed by atoms with Crippen molar-refractivity contribution >= 4 is 21.7 Å². The molecule has 0 radical (unpaired) electrons. The smallest absolute Gasteiger partial charge is 0.340 e. The van der Waals surface area contributed by atoms with Gasteiger partial charge in [0.05, 0.1) is 17.9 Å². The number of hydrogen-bond acceptors (Lipinski definition) is 6. The van der Waals surface area contributed by atoms with Gasteiger partial charge in [0.15, 0.2) is 4.90 Å². The lowest BCUT2D eigenvalue weighted by molar-refractivity contribution is 0.0527. The van der Waals surface area contributed by atoms with Gasteiger partial charge < -0.3 is 9.72 Å². The number of aromatic nitrogens is 2. The van der Waals surface area contributed by atoms with E-state index in [-0.39, 0.29) is 23.6 Å². The van der Waals surface area contributed by atoms with Gasteiger partial charge in [-0.05, 0) is 26.0 Å². The van der Waals surface area contributed by atoms with E-state index < -0.39 is 32.1 Å². The molecule has 2 rings (SSSR count). The van der Waals surface area contributed by atoms with E-state index in [0.717, 1.165) is 0 Å². The highest BCUT2D eigenvalue weighted by Crippen LogP contribution is 2.20. The molecule has 1 heterocycles. The van der Waals surface area contributed by atoms with E-state index >= 15 is 0 Å². The Kier molecular flexibility index (Phi) is 4.88. The van der Waals surface area contributed by atoms with Crippen LogP contribution in [0.5, 0.6) is 0 Å². The van der Waals surface area contributed by atoms with Gasteiger partial charge in [-0.3, -0.25) is 14.5 Å². The number of hydrogen-bond donors (Lipinski definition) is 3. The monoisotopic (exact) mass is 353 g/mol. The first-order chi connectivity index (χ1) is 11.3. The van der Waals surface area contributed by atoms with Gasteiger partial charge in [-0.1, -0.05) is 12.1 Å². The van der Waals surface area contributed by atoms with Crippen LogP contribution in [-0.2, 0) is 14.8 Å². The zero-order valence-corrected chi connectivity index (χ0v) is 13.7. The fourth-order valence-electron chi connectivity index (χ4n) is 2.07. The van der Waals surface area contributed by atoms with Crippen LogP contribution in [0.1, 0.15) is 23.0 Å². The molecule has 24 heavy (non-hydrogen) atoms. The molecule has 0 fully saturated rings. The molecule has 0 aliphatic rings. The third-order valence-electron chi connectivity index (χ3n) is 3.01. The third kappa shape index (κ3) is 3.54. The summed E-state index contributed by atoms with van der Waals surface area (Å²) in [6.45, 7) is 3.02. The van der Waals surface area contributed by atoms with Gasteiger partial charge in [-0.15, -0.1) is 0 Å². The summed E-state index contributed by atoms with van der Waals surface area (Å²) in [5.41, 5.74) is -2.03. The van der Waals surface area contributed by atoms with Crippen LogP contribution < -0.4 is 16.0 Å². The molecule has 9 nitrogen and oxygen atoms in total. The molecule has 0 aliphatic carbocycles. The molecular weight excluding hydrogens is 338 g/mol. The summed E-state index contributed by atoms with van der Waals surface area (Å²) >= 11 is 0. The molecule has 2 aromatic rings. The molecule has 128 valence electrons. The van der Waals surface area contributed by atoms with Gasteiger partial charge in [0.1, 0.15) is 0 Å². The van der Waals surface area contributed by atoms with Gasteiger partial charge in [0, 0.05) is 5.69 Å². The quantitative estimate of drug-likeness (QED) is 0.663. The number of benzene rings is 1. The van der Waals surface area contributed by atoms with Crippen LogP contribution in [0.2, 0.25) is 0 Å². The van der Waals surface area contributed by atoms with Crippen LogP contribution in [0.25, 0.3) is 0 Å². The lowest BCUT2D eigenvalue weighted by atomic mass is 10.2. The predicted molar refractivity (Wildman–Crippen MR) is 85.6 cm³/mol. The van der Waals surface area contributed by atoms with Gasteiger partial charge in [-0.25, -0.2) is 18.0 Å². The second-order valence-corrected chi connectivity index (χ2v) is 6.35. The number of aryl methyl sites for hydroxylation is 1. The minimum Gasteiger partial charge on any atom is -0.462 e. The molecule has 0 unspecified atom stereocenters. The molecule has 0 saturated carbocycles. The van der Waals surface area contributed by atoms with Crippen LogP contribution in [0, 0.1) is 6.92 Å². The number of aromatic amines is 2. The summed E-state index contributed by atoms with van der Waals surface area (Å²) in [7, 11) is -4.33. The van der Waals surface area contributed by atoms with Crippen LogP contribution >= 0.6 is 0 Å². The largest absolute Gasteiger partial charge is 0.462 e. The van der Waals surface area contributed by atoms with Crippen molar-refractivity contribution in [3.05, 3.63) is 56.4 Å². The normalized spacial score (nSPS) is 11.1. The van der Waals surface area contributed by atoms with E-state index in [1.807, 2.05) is 4.98 Å². The average Bonchev–Trinajstić information content (AvgIpc) is 2.46. The zero-order chi connectivity index (χ0) is 17.9. The molecule has 0 aliphatic heterocycles. The second kappa shape index (κ2) is 6.71. The first-order valence-electron chi connectivity index (χ1n) is 6.88. The topological polar surface area (TPSA) is 138 Å². The molecule has 0 amide bonds. The highest BCUT2D eigenvalue weighted by atomic mass is 32.2. The van der Waals surface area contributed by atoms with Crippen LogP contribution in [0.4, 0.5) is 5.69 Å².